The quantitative estimate of drug-likeness (QED) is 0.770. The molecule has 0 aromatic heterocycles. The fraction of sp³-hybridized carbons (Fsp3) is 0.579. The Labute approximate surface area is 150 Å². The van der Waals surface area contributed by atoms with Crippen LogP contribution in [0.15, 0.2) is 24.3 Å². The Morgan fingerprint density at radius 2 is 1.72 bits per heavy atom. The minimum atomic E-state index is -0.0966. The molecular weight excluding hydrogens is 316 g/mol. The van der Waals surface area contributed by atoms with Crippen LogP contribution in [0.3, 0.4) is 0 Å². The molecule has 0 unspecified atom stereocenters. The number of carbonyl (C=O) groups excluding carboxylic acids is 2. The van der Waals surface area contributed by atoms with Gasteiger partial charge in [0.15, 0.2) is 0 Å². The topological polar surface area (TPSA) is 47.1 Å². The highest BCUT2D eigenvalue weighted by molar-refractivity contribution is 6.02. The van der Waals surface area contributed by atoms with Crippen molar-refractivity contribution in [2.75, 3.05) is 50.1 Å². The van der Waals surface area contributed by atoms with E-state index >= 15 is 0 Å². The van der Waals surface area contributed by atoms with E-state index in [0.29, 0.717) is 6.54 Å². The van der Waals surface area contributed by atoms with E-state index in [1.54, 1.807) is 4.90 Å². The second-order valence-corrected chi connectivity index (χ2v) is 7.10. The predicted molar refractivity (Wildman–Crippen MR) is 100 cm³/mol. The number of anilines is 2. The lowest BCUT2D eigenvalue weighted by Gasteiger charge is -2.37. The maximum atomic E-state index is 12.5. The molecule has 6 heteroatoms. The molecule has 6 nitrogen and oxygen atoms in total. The molecule has 1 aromatic rings. The summed E-state index contributed by atoms with van der Waals surface area (Å²) >= 11 is 0. The molecule has 2 heterocycles. The minimum absolute atomic E-state index is 0.0350. The molecule has 0 aliphatic carbocycles. The summed E-state index contributed by atoms with van der Waals surface area (Å²) in [4.78, 5) is 32.4. The van der Waals surface area contributed by atoms with Crippen LogP contribution in [0, 0.1) is 0 Å². The summed E-state index contributed by atoms with van der Waals surface area (Å²) in [6, 6.07) is 8.48. The number of nitrogens with zero attached hydrogens (tertiary/aromatic N) is 4. The van der Waals surface area contributed by atoms with Gasteiger partial charge in [0.05, 0.1) is 0 Å². The third-order valence-corrected chi connectivity index (χ3v) is 5.13. The lowest BCUT2D eigenvalue weighted by atomic mass is 10.0. The van der Waals surface area contributed by atoms with Crippen molar-refractivity contribution < 1.29 is 9.59 Å². The van der Waals surface area contributed by atoms with Crippen LogP contribution in [0.1, 0.15) is 26.2 Å². The Bertz CT molecular complexity index is 621. The Balaban J connectivity index is 1.60. The van der Waals surface area contributed by atoms with E-state index in [1.807, 2.05) is 21.0 Å². The second kappa shape index (κ2) is 7.33. The summed E-state index contributed by atoms with van der Waals surface area (Å²) in [6.07, 6.45) is 2.56. The van der Waals surface area contributed by atoms with Gasteiger partial charge in [-0.3, -0.25) is 9.69 Å². The van der Waals surface area contributed by atoms with E-state index in [0.717, 1.165) is 32.4 Å². The van der Waals surface area contributed by atoms with E-state index in [4.69, 9.17) is 0 Å². The first-order chi connectivity index (χ1) is 12.0. The Morgan fingerprint density at radius 3 is 2.28 bits per heavy atom. The molecule has 136 valence electrons. The maximum Gasteiger partial charge on any atom is 0.327 e. The highest BCUT2D eigenvalue weighted by Crippen LogP contribution is 2.27. The number of carbonyl (C=O) groups is 2. The van der Waals surface area contributed by atoms with Crippen molar-refractivity contribution in [2.24, 2.45) is 0 Å². The van der Waals surface area contributed by atoms with E-state index < -0.39 is 0 Å². The Morgan fingerprint density at radius 1 is 1.08 bits per heavy atom. The van der Waals surface area contributed by atoms with Crippen molar-refractivity contribution in [1.29, 1.82) is 0 Å². The van der Waals surface area contributed by atoms with Gasteiger partial charge in [0.1, 0.15) is 6.54 Å². The average molecular weight is 344 g/mol. The second-order valence-electron chi connectivity index (χ2n) is 7.10. The maximum absolute atomic E-state index is 12.5. The van der Waals surface area contributed by atoms with Gasteiger partial charge in [-0.1, -0.05) is 6.92 Å². The van der Waals surface area contributed by atoms with E-state index in [9.17, 15) is 9.59 Å². The molecule has 0 spiro atoms. The van der Waals surface area contributed by atoms with Crippen LogP contribution in [0.25, 0.3) is 0 Å². The first-order valence-corrected chi connectivity index (χ1v) is 9.14. The number of hydrogen-bond acceptors (Lipinski definition) is 4. The summed E-state index contributed by atoms with van der Waals surface area (Å²) in [6.45, 7) is 4.69. The van der Waals surface area contributed by atoms with Gasteiger partial charge in [0, 0.05) is 51.1 Å². The lowest BCUT2D eigenvalue weighted by molar-refractivity contribution is -0.127. The molecular formula is C19H28N4O2. The smallest absolute Gasteiger partial charge is 0.327 e. The number of rotatable bonds is 5. The van der Waals surface area contributed by atoms with Crippen LogP contribution in [0.5, 0.6) is 0 Å². The third kappa shape index (κ3) is 3.57. The van der Waals surface area contributed by atoms with Crippen LogP contribution in [-0.4, -0.2) is 68.1 Å². The first-order valence-electron chi connectivity index (χ1n) is 9.14. The standard InChI is InChI=1S/C19H28N4O2/c1-4-11-22-14-18(24)23(19(22)25)17-9-12-21(13-10-17)16-7-5-15(6-8-16)20(2)3/h5-8,17H,4,9-14H2,1-3H3. The van der Waals surface area contributed by atoms with E-state index in [2.05, 4.69) is 34.1 Å². The van der Waals surface area contributed by atoms with Gasteiger partial charge < -0.3 is 14.7 Å². The van der Waals surface area contributed by atoms with Crippen LogP contribution in [-0.2, 0) is 4.79 Å². The molecule has 2 aliphatic rings. The number of benzene rings is 1. The molecule has 2 saturated heterocycles. The van der Waals surface area contributed by atoms with Crippen molar-refractivity contribution in [3.05, 3.63) is 24.3 Å². The van der Waals surface area contributed by atoms with Crippen LogP contribution in [0.2, 0.25) is 0 Å². The van der Waals surface area contributed by atoms with Gasteiger partial charge >= 0.3 is 6.03 Å². The van der Waals surface area contributed by atoms with Gasteiger partial charge in [-0.25, -0.2) is 4.79 Å². The fourth-order valence-corrected chi connectivity index (χ4v) is 3.71. The summed E-state index contributed by atoms with van der Waals surface area (Å²) in [5, 5.41) is 0. The third-order valence-electron chi connectivity index (χ3n) is 5.13. The molecule has 3 amide bonds. The zero-order valence-electron chi connectivity index (χ0n) is 15.4. The van der Waals surface area contributed by atoms with Gasteiger partial charge in [-0.2, -0.15) is 0 Å². The monoisotopic (exact) mass is 344 g/mol. The molecule has 1 aromatic carbocycles. The fourth-order valence-electron chi connectivity index (χ4n) is 3.71. The molecule has 2 fully saturated rings. The van der Waals surface area contributed by atoms with Crippen molar-refractivity contribution in [3.8, 4) is 0 Å². The Hall–Kier alpha value is -2.24. The van der Waals surface area contributed by atoms with Crippen molar-refractivity contribution >= 4 is 23.3 Å². The zero-order valence-corrected chi connectivity index (χ0v) is 15.4. The number of imide groups is 1. The highest BCUT2D eigenvalue weighted by Gasteiger charge is 2.40. The number of hydrogen-bond donors (Lipinski definition) is 0. The molecule has 0 bridgehead atoms. The van der Waals surface area contributed by atoms with Gasteiger partial charge in [0.2, 0.25) is 0 Å². The van der Waals surface area contributed by atoms with E-state index in [-0.39, 0.29) is 24.5 Å². The van der Waals surface area contributed by atoms with Crippen molar-refractivity contribution in [3.63, 3.8) is 0 Å². The summed E-state index contributed by atoms with van der Waals surface area (Å²) in [5.41, 5.74) is 2.39. The molecule has 2 aliphatic heterocycles. The largest absolute Gasteiger partial charge is 0.378 e. The number of urea groups is 1. The molecule has 25 heavy (non-hydrogen) atoms. The van der Waals surface area contributed by atoms with Crippen molar-refractivity contribution in [1.82, 2.24) is 9.80 Å². The zero-order chi connectivity index (χ0) is 18.0. The molecule has 0 atom stereocenters. The van der Waals surface area contributed by atoms with Gasteiger partial charge in [-0.15, -0.1) is 0 Å². The first kappa shape index (κ1) is 17.6. The van der Waals surface area contributed by atoms with Crippen LogP contribution >= 0.6 is 0 Å². The highest BCUT2D eigenvalue weighted by atomic mass is 16.2. The molecule has 0 radical (unpaired) electrons. The average Bonchev–Trinajstić information content (AvgIpc) is 2.89. The molecule has 0 N–H and O–H groups in total. The van der Waals surface area contributed by atoms with Crippen LogP contribution < -0.4 is 9.80 Å². The summed E-state index contributed by atoms with van der Waals surface area (Å²) in [5.74, 6) is -0.0350. The SMILES string of the molecule is CCCN1CC(=O)N(C2CCN(c3ccc(N(C)C)cc3)CC2)C1=O. The number of piperidine rings is 1. The van der Waals surface area contributed by atoms with Gasteiger partial charge in [-0.05, 0) is 43.5 Å². The normalized spacial score (nSPS) is 19.1. The minimum Gasteiger partial charge on any atom is -0.378 e. The Kier molecular flexibility index (Phi) is 5.16. The van der Waals surface area contributed by atoms with Crippen LogP contribution in [0.4, 0.5) is 16.2 Å². The van der Waals surface area contributed by atoms with E-state index in [1.165, 1.54) is 16.3 Å². The predicted octanol–water partition coefficient (Wildman–Crippen LogP) is 2.40. The lowest BCUT2D eigenvalue weighted by Crippen LogP contribution is -2.48. The van der Waals surface area contributed by atoms with Crippen molar-refractivity contribution in [2.45, 2.75) is 32.2 Å². The molecule has 3 rings (SSSR count). The molecule has 0 saturated carbocycles. The summed E-state index contributed by atoms with van der Waals surface area (Å²) < 4.78 is 0. The number of amides is 3. The van der Waals surface area contributed by atoms with Gasteiger partial charge in [0.25, 0.3) is 5.91 Å². The summed E-state index contributed by atoms with van der Waals surface area (Å²) in [7, 11) is 4.07.